The lowest BCUT2D eigenvalue weighted by Crippen LogP contribution is -2.29. The Hall–Kier alpha value is -1.55. The van der Waals surface area contributed by atoms with E-state index in [1.807, 2.05) is 61.6 Å². The minimum atomic E-state index is -0.152. The summed E-state index contributed by atoms with van der Waals surface area (Å²) in [4.78, 5) is 12.2. The molecule has 0 saturated heterocycles. The van der Waals surface area contributed by atoms with E-state index < -0.39 is 0 Å². The molecule has 124 valence electrons. The number of amides is 1. The van der Waals surface area contributed by atoms with Gasteiger partial charge in [0.1, 0.15) is 0 Å². The van der Waals surface area contributed by atoms with Crippen molar-refractivity contribution in [3.8, 4) is 0 Å². The summed E-state index contributed by atoms with van der Waals surface area (Å²) in [6.45, 7) is 0.838. The van der Waals surface area contributed by atoms with Crippen LogP contribution in [-0.4, -0.2) is 19.5 Å². The first kappa shape index (κ1) is 19.5. The van der Waals surface area contributed by atoms with Crippen LogP contribution in [0.3, 0.4) is 0 Å². The van der Waals surface area contributed by atoms with E-state index >= 15 is 0 Å². The van der Waals surface area contributed by atoms with E-state index in [1.165, 1.54) is 0 Å². The van der Waals surface area contributed by atoms with Gasteiger partial charge in [-0.15, -0.1) is 12.4 Å². The predicted octanol–water partition coefficient (Wildman–Crippen LogP) is 3.97. The fraction of sp³-hybridized carbons (Fsp3) is 0.278. The Morgan fingerprint density at radius 1 is 1.04 bits per heavy atom. The van der Waals surface area contributed by atoms with E-state index in [9.17, 15) is 4.79 Å². The van der Waals surface area contributed by atoms with Crippen LogP contribution in [0.5, 0.6) is 0 Å². The Morgan fingerprint density at radius 2 is 1.65 bits per heavy atom. The van der Waals surface area contributed by atoms with Crippen LogP contribution < -0.4 is 10.6 Å². The summed E-state index contributed by atoms with van der Waals surface area (Å²) < 4.78 is 0. The standard InChI is InChI=1S/C18H21ClN2O.ClH/c1-20-13-5-8-17(22)21-18(14-6-3-2-4-7-14)15-9-11-16(19)12-10-15;/h2-4,6-7,9-12,18,20H,5,8,13H2,1H3,(H,21,22);1H. The van der Waals surface area contributed by atoms with Crippen molar-refractivity contribution in [2.45, 2.75) is 18.9 Å². The molecule has 3 nitrogen and oxygen atoms in total. The topological polar surface area (TPSA) is 41.1 Å². The molecular weight excluding hydrogens is 331 g/mol. The molecule has 0 aliphatic carbocycles. The molecule has 23 heavy (non-hydrogen) atoms. The van der Waals surface area contributed by atoms with Gasteiger partial charge in [-0.2, -0.15) is 0 Å². The van der Waals surface area contributed by atoms with Crippen LogP contribution in [-0.2, 0) is 4.79 Å². The average molecular weight is 353 g/mol. The van der Waals surface area contributed by atoms with Crippen LogP contribution in [0.15, 0.2) is 54.6 Å². The summed E-state index contributed by atoms with van der Waals surface area (Å²) in [5.41, 5.74) is 2.09. The first-order valence-electron chi connectivity index (χ1n) is 7.45. The second-order valence-corrected chi connectivity index (χ2v) is 5.61. The predicted molar refractivity (Wildman–Crippen MR) is 98.3 cm³/mol. The second-order valence-electron chi connectivity index (χ2n) is 5.17. The third-order valence-corrected chi connectivity index (χ3v) is 3.72. The van der Waals surface area contributed by atoms with Crippen LogP contribution in [0.2, 0.25) is 5.02 Å². The highest BCUT2D eigenvalue weighted by atomic mass is 35.5. The number of nitrogens with one attached hydrogen (secondary N) is 2. The highest BCUT2D eigenvalue weighted by Gasteiger charge is 2.16. The Balaban J connectivity index is 0.00000264. The zero-order valence-electron chi connectivity index (χ0n) is 13.1. The lowest BCUT2D eigenvalue weighted by Gasteiger charge is -2.20. The van der Waals surface area contributed by atoms with Crippen LogP contribution in [0, 0.1) is 0 Å². The van der Waals surface area contributed by atoms with Crippen molar-refractivity contribution in [3.05, 3.63) is 70.7 Å². The highest BCUT2D eigenvalue weighted by molar-refractivity contribution is 6.30. The minimum Gasteiger partial charge on any atom is -0.345 e. The van der Waals surface area contributed by atoms with Crippen LogP contribution in [0.25, 0.3) is 0 Å². The van der Waals surface area contributed by atoms with E-state index in [0.717, 1.165) is 24.1 Å². The molecule has 0 fully saturated rings. The molecule has 5 heteroatoms. The summed E-state index contributed by atoms with van der Waals surface area (Å²) in [5.74, 6) is 0.0547. The zero-order valence-corrected chi connectivity index (χ0v) is 14.7. The number of carbonyl (C=O) groups is 1. The fourth-order valence-electron chi connectivity index (χ4n) is 2.32. The van der Waals surface area contributed by atoms with Crippen LogP contribution in [0.4, 0.5) is 0 Å². The lowest BCUT2D eigenvalue weighted by atomic mass is 9.98. The Bertz CT molecular complexity index is 588. The van der Waals surface area contributed by atoms with Gasteiger partial charge < -0.3 is 10.6 Å². The van der Waals surface area contributed by atoms with Crippen molar-refractivity contribution in [1.82, 2.24) is 10.6 Å². The first-order chi connectivity index (χ1) is 10.7. The van der Waals surface area contributed by atoms with Gasteiger partial charge in [0.05, 0.1) is 6.04 Å². The van der Waals surface area contributed by atoms with Gasteiger partial charge in [-0.05, 0) is 43.3 Å². The van der Waals surface area contributed by atoms with Gasteiger partial charge in [0, 0.05) is 11.4 Å². The minimum absolute atomic E-state index is 0. The first-order valence-corrected chi connectivity index (χ1v) is 7.83. The third kappa shape index (κ3) is 6.22. The SMILES string of the molecule is CNCCCC(=O)NC(c1ccccc1)c1ccc(Cl)cc1.Cl. The molecule has 0 bridgehead atoms. The number of hydrogen-bond acceptors (Lipinski definition) is 2. The summed E-state index contributed by atoms with van der Waals surface area (Å²) in [7, 11) is 1.89. The van der Waals surface area contributed by atoms with E-state index in [2.05, 4.69) is 10.6 Å². The molecule has 2 aromatic rings. The maximum absolute atomic E-state index is 12.2. The molecule has 1 unspecified atom stereocenters. The smallest absolute Gasteiger partial charge is 0.220 e. The molecule has 1 atom stereocenters. The molecule has 0 aliphatic rings. The molecule has 0 aliphatic heterocycles. The van der Waals surface area contributed by atoms with Gasteiger partial charge in [0.15, 0.2) is 0 Å². The van der Waals surface area contributed by atoms with E-state index in [4.69, 9.17) is 11.6 Å². The Morgan fingerprint density at radius 3 is 2.26 bits per heavy atom. The molecule has 2 rings (SSSR count). The molecule has 0 aromatic heterocycles. The van der Waals surface area contributed by atoms with Crippen LogP contribution in [0.1, 0.15) is 30.0 Å². The fourth-order valence-corrected chi connectivity index (χ4v) is 2.44. The monoisotopic (exact) mass is 352 g/mol. The molecule has 0 spiro atoms. The highest BCUT2D eigenvalue weighted by Crippen LogP contribution is 2.23. The summed E-state index contributed by atoms with van der Waals surface area (Å²) in [5, 5.41) is 6.86. The molecule has 1 amide bonds. The Labute approximate surface area is 148 Å². The summed E-state index contributed by atoms with van der Waals surface area (Å²) in [6, 6.07) is 17.4. The summed E-state index contributed by atoms with van der Waals surface area (Å²) in [6.07, 6.45) is 1.34. The Kier molecular flexibility index (Phi) is 8.70. The van der Waals surface area contributed by atoms with Gasteiger partial charge in [0.25, 0.3) is 0 Å². The molecule has 0 heterocycles. The van der Waals surface area contributed by atoms with E-state index in [1.54, 1.807) is 0 Å². The van der Waals surface area contributed by atoms with Gasteiger partial charge >= 0.3 is 0 Å². The third-order valence-electron chi connectivity index (χ3n) is 3.47. The number of hydrogen-bond donors (Lipinski definition) is 2. The quantitative estimate of drug-likeness (QED) is 0.740. The maximum atomic E-state index is 12.2. The molecular formula is C18H22Cl2N2O. The number of halogens is 2. The van der Waals surface area contributed by atoms with Gasteiger partial charge in [-0.3, -0.25) is 4.79 Å². The van der Waals surface area contributed by atoms with Gasteiger partial charge in [-0.25, -0.2) is 0 Å². The summed E-state index contributed by atoms with van der Waals surface area (Å²) >= 11 is 5.96. The van der Waals surface area contributed by atoms with Crippen molar-refractivity contribution in [2.75, 3.05) is 13.6 Å². The normalized spacial score (nSPS) is 11.4. The van der Waals surface area contributed by atoms with E-state index in [0.29, 0.717) is 11.4 Å². The number of rotatable bonds is 7. The van der Waals surface area contributed by atoms with Crippen molar-refractivity contribution in [3.63, 3.8) is 0 Å². The second kappa shape index (κ2) is 10.3. The number of benzene rings is 2. The number of carbonyl (C=O) groups excluding carboxylic acids is 1. The van der Waals surface area contributed by atoms with Crippen molar-refractivity contribution < 1.29 is 4.79 Å². The van der Waals surface area contributed by atoms with Gasteiger partial charge in [-0.1, -0.05) is 54.1 Å². The zero-order chi connectivity index (χ0) is 15.8. The maximum Gasteiger partial charge on any atom is 0.220 e. The van der Waals surface area contributed by atoms with Crippen molar-refractivity contribution in [2.24, 2.45) is 0 Å². The largest absolute Gasteiger partial charge is 0.345 e. The van der Waals surface area contributed by atoms with Gasteiger partial charge in [0.2, 0.25) is 5.91 Å². The van der Waals surface area contributed by atoms with Crippen molar-refractivity contribution >= 4 is 29.9 Å². The molecule has 0 radical (unpaired) electrons. The van der Waals surface area contributed by atoms with E-state index in [-0.39, 0.29) is 24.4 Å². The molecule has 2 N–H and O–H groups in total. The van der Waals surface area contributed by atoms with Crippen LogP contribution >= 0.6 is 24.0 Å². The molecule has 2 aromatic carbocycles. The van der Waals surface area contributed by atoms with Crippen molar-refractivity contribution in [1.29, 1.82) is 0 Å². The average Bonchev–Trinajstić information content (AvgIpc) is 2.55. The molecule has 0 saturated carbocycles. The lowest BCUT2D eigenvalue weighted by molar-refractivity contribution is -0.121.